The molecule has 2 N–H and O–H groups in total. The zero-order valence-electron chi connectivity index (χ0n) is 14.8. The molecular formula is C19H21N3O3S. The number of benzene rings is 1. The zero-order chi connectivity index (χ0) is 18.7. The lowest BCUT2D eigenvalue weighted by Crippen LogP contribution is -2.21. The van der Waals surface area contributed by atoms with E-state index in [-0.39, 0.29) is 5.56 Å². The second-order valence-corrected chi connectivity index (χ2v) is 7.21. The van der Waals surface area contributed by atoms with Crippen LogP contribution >= 0.6 is 11.3 Å². The third-order valence-corrected chi connectivity index (χ3v) is 5.41. The fraction of sp³-hybridized carbons (Fsp3) is 0.316. The number of nitrogens with zero attached hydrogens (tertiary/aromatic N) is 2. The number of primary amides is 1. The van der Waals surface area contributed by atoms with Crippen molar-refractivity contribution >= 4 is 27.5 Å². The van der Waals surface area contributed by atoms with Crippen molar-refractivity contribution < 1.29 is 9.53 Å². The number of ether oxygens (including phenoxy) is 1. The van der Waals surface area contributed by atoms with Gasteiger partial charge in [0, 0.05) is 6.54 Å². The number of carbonyl (C=O) groups is 1. The van der Waals surface area contributed by atoms with Gasteiger partial charge in [0.2, 0.25) is 0 Å². The maximum Gasteiger partial charge on any atom is 0.262 e. The molecule has 3 rings (SSSR count). The maximum absolute atomic E-state index is 12.7. The molecule has 0 fully saturated rings. The number of unbranched alkanes of at least 4 members (excludes halogenated alkanes) is 1. The van der Waals surface area contributed by atoms with Crippen molar-refractivity contribution in [1.29, 1.82) is 0 Å². The van der Waals surface area contributed by atoms with Crippen molar-refractivity contribution in [3.05, 3.63) is 57.0 Å². The zero-order valence-corrected chi connectivity index (χ0v) is 15.6. The van der Waals surface area contributed by atoms with Gasteiger partial charge in [-0.15, -0.1) is 11.3 Å². The van der Waals surface area contributed by atoms with Gasteiger partial charge < -0.3 is 10.5 Å². The number of nitrogens with two attached hydrogens (primary N) is 1. The smallest absolute Gasteiger partial charge is 0.262 e. The number of fused-ring (bicyclic) bond motifs is 1. The number of hydrogen-bond acceptors (Lipinski definition) is 5. The summed E-state index contributed by atoms with van der Waals surface area (Å²) in [7, 11) is 0. The molecule has 0 radical (unpaired) electrons. The molecule has 0 aliphatic heterocycles. The van der Waals surface area contributed by atoms with Gasteiger partial charge in [-0.3, -0.25) is 14.2 Å². The van der Waals surface area contributed by atoms with E-state index < -0.39 is 5.91 Å². The van der Waals surface area contributed by atoms with E-state index in [9.17, 15) is 9.59 Å². The van der Waals surface area contributed by atoms with Crippen molar-refractivity contribution in [2.24, 2.45) is 5.73 Å². The lowest BCUT2D eigenvalue weighted by molar-refractivity contribution is 0.100. The van der Waals surface area contributed by atoms with Crippen LogP contribution in [0.1, 0.15) is 33.6 Å². The number of aromatic nitrogens is 2. The molecule has 0 atom stereocenters. The molecule has 3 aromatic rings. The normalized spacial score (nSPS) is 11.0. The molecule has 1 amide bonds. The van der Waals surface area contributed by atoms with Crippen LogP contribution in [0.3, 0.4) is 0 Å². The van der Waals surface area contributed by atoms with Crippen LogP contribution < -0.4 is 16.0 Å². The van der Waals surface area contributed by atoms with Crippen molar-refractivity contribution in [3.8, 4) is 5.75 Å². The summed E-state index contributed by atoms with van der Waals surface area (Å²) in [4.78, 5) is 29.4. The molecule has 2 heterocycles. The number of amides is 1. The van der Waals surface area contributed by atoms with Crippen LogP contribution in [0.5, 0.6) is 5.75 Å². The van der Waals surface area contributed by atoms with E-state index in [4.69, 9.17) is 10.5 Å². The lowest BCUT2D eigenvalue weighted by atomic mass is 10.2. The fourth-order valence-electron chi connectivity index (χ4n) is 2.83. The van der Waals surface area contributed by atoms with Crippen LogP contribution in [-0.4, -0.2) is 22.1 Å². The second-order valence-electron chi connectivity index (χ2n) is 6.22. The molecule has 1 aromatic carbocycles. The van der Waals surface area contributed by atoms with Crippen LogP contribution in [-0.2, 0) is 6.54 Å². The van der Waals surface area contributed by atoms with Gasteiger partial charge in [0.05, 0.1) is 23.2 Å². The number of rotatable bonds is 7. The first-order chi connectivity index (χ1) is 12.5. The van der Waals surface area contributed by atoms with Crippen molar-refractivity contribution in [3.63, 3.8) is 0 Å². The minimum Gasteiger partial charge on any atom is -0.494 e. The Hall–Kier alpha value is -2.67. The largest absolute Gasteiger partial charge is 0.494 e. The van der Waals surface area contributed by atoms with Crippen LogP contribution in [0.4, 0.5) is 0 Å². The third kappa shape index (κ3) is 3.77. The van der Waals surface area contributed by atoms with Crippen LogP contribution in [0.25, 0.3) is 10.2 Å². The van der Waals surface area contributed by atoms with Gasteiger partial charge in [-0.25, -0.2) is 4.98 Å². The highest BCUT2D eigenvalue weighted by Crippen LogP contribution is 2.26. The molecule has 26 heavy (non-hydrogen) atoms. The van der Waals surface area contributed by atoms with E-state index in [0.717, 1.165) is 24.2 Å². The molecule has 0 bridgehead atoms. The Morgan fingerprint density at radius 2 is 2.12 bits per heavy atom. The summed E-state index contributed by atoms with van der Waals surface area (Å²) >= 11 is 1.17. The SMILES string of the molecule is Cc1cccc(OCCCCn2cnc3sc(C(N)=O)c(C)c3c2=O)c1. The van der Waals surface area contributed by atoms with Crippen molar-refractivity contribution in [2.75, 3.05) is 6.61 Å². The molecule has 0 saturated carbocycles. The summed E-state index contributed by atoms with van der Waals surface area (Å²) in [5.41, 5.74) is 7.01. The van der Waals surface area contributed by atoms with Gasteiger partial charge in [-0.2, -0.15) is 0 Å². The molecule has 0 spiro atoms. The van der Waals surface area contributed by atoms with Gasteiger partial charge in [0.25, 0.3) is 11.5 Å². The lowest BCUT2D eigenvalue weighted by Gasteiger charge is -2.08. The molecular weight excluding hydrogens is 350 g/mol. The van der Waals surface area contributed by atoms with E-state index in [1.165, 1.54) is 17.7 Å². The Bertz CT molecular complexity index is 1010. The summed E-state index contributed by atoms with van der Waals surface area (Å²) in [5, 5.41) is 0.488. The summed E-state index contributed by atoms with van der Waals surface area (Å²) in [6, 6.07) is 7.93. The van der Waals surface area contributed by atoms with Crippen molar-refractivity contribution in [1.82, 2.24) is 9.55 Å². The van der Waals surface area contributed by atoms with E-state index in [0.29, 0.717) is 33.8 Å². The highest BCUT2D eigenvalue weighted by molar-refractivity contribution is 7.20. The minimum atomic E-state index is -0.523. The molecule has 0 aliphatic rings. The predicted molar refractivity (Wildman–Crippen MR) is 103 cm³/mol. The quantitative estimate of drug-likeness (QED) is 0.647. The number of carbonyl (C=O) groups excluding carboxylic acids is 1. The Balaban J connectivity index is 1.62. The monoisotopic (exact) mass is 371 g/mol. The Morgan fingerprint density at radius 1 is 1.31 bits per heavy atom. The topological polar surface area (TPSA) is 87.2 Å². The standard InChI is InChI=1S/C19H21N3O3S/c1-12-6-5-7-14(10-12)25-9-4-3-8-22-11-21-18-15(19(22)24)13(2)16(26-18)17(20)23/h5-7,10-11H,3-4,8-9H2,1-2H3,(H2,20,23). The van der Waals surface area contributed by atoms with Gasteiger partial charge in [-0.05, 0) is 49.9 Å². The molecule has 6 nitrogen and oxygen atoms in total. The van der Waals surface area contributed by atoms with E-state index in [1.807, 2.05) is 31.2 Å². The van der Waals surface area contributed by atoms with Gasteiger partial charge in [0.15, 0.2) is 0 Å². The summed E-state index contributed by atoms with van der Waals surface area (Å²) in [6.45, 7) is 4.91. The minimum absolute atomic E-state index is 0.129. The van der Waals surface area contributed by atoms with E-state index in [2.05, 4.69) is 4.98 Å². The first-order valence-electron chi connectivity index (χ1n) is 8.45. The van der Waals surface area contributed by atoms with Crippen molar-refractivity contribution in [2.45, 2.75) is 33.2 Å². The summed E-state index contributed by atoms with van der Waals surface area (Å²) in [5.74, 6) is 0.336. The molecule has 0 saturated heterocycles. The summed E-state index contributed by atoms with van der Waals surface area (Å²) < 4.78 is 7.30. The Labute approximate surface area is 155 Å². The number of aryl methyl sites for hydroxylation is 3. The number of hydrogen-bond donors (Lipinski definition) is 1. The van der Waals surface area contributed by atoms with Crippen LogP contribution in [0.15, 0.2) is 35.4 Å². The van der Waals surface area contributed by atoms with E-state index >= 15 is 0 Å². The molecule has 136 valence electrons. The molecule has 0 aliphatic carbocycles. The molecule has 2 aromatic heterocycles. The molecule has 0 unspecified atom stereocenters. The van der Waals surface area contributed by atoms with Gasteiger partial charge in [-0.1, -0.05) is 12.1 Å². The maximum atomic E-state index is 12.7. The van der Waals surface area contributed by atoms with Gasteiger partial charge >= 0.3 is 0 Å². The third-order valence-electron chi connectivity index (χ3n) is 4.19. The number of thiophene rings is 1. The Kier molecular flexibility index (Phi) is 5.37. The fourth-order valence-corrected chi connectivity index (χ4v) is 3.82. The predicted octanol–water partition coefficient (Wildman–Crippen LogP) is 3.03. The second kappa shape index (κ2) is 7.70. The molecule has 7 heteroatoms. The Morgan fingerprint density at radius 3 is 2.85 bits per heavy atom. The first-order valence-corrected chi connectivity index (χ1v) is 9.27. The van der Waals surface area contributed by atoms with E-state index in [1.54, 1.807) is 11.5 Å². The average molecular weight is 371 g/mol. The van der Waals surface area contributed by atoms with Crippen LogP contribution in [0.2, 0.25) is 0 Å². The van der Waals surface area contributed by atoms with Gasteiger partial charge in [0.1, 0.15) is 10.6 Å². The first kappa shape index (κ1) is 18.1. The van der Waals surface area contributed by atoms with Crippen LogP contribution in [0, 0.1) is 13.8 Å². The summed E-state index contributed by atoms with van der Waals surface area (Å²) in [6.07, 6.45) is 3.16. The average Bonchev–Trinajstić information content (AvgIpc) is 2.94. The highest BCUT2D eigenvalue weighted by atomic mass is 32.1. The highest BCUT2D eigenvalue weighted by Gasteiger charge is 2.17.